The minimum Gasteiger partial charge on any atom is -0.484 e. The fourth-order valence-electron chi connectivity index (χ4n) is 6.18. The van der Waals surface area contributed by atoms with Gasteiger partial charge in [-0.15, -0.1) is 0 Å². The third-order valence-electron chi connectivity index (χ3n) is 7.03. The van der Waals surface area contributed by atoms with Gasteiger partial charge in [0, 0.05) is 5.41 Å². The van der Waals surface area contributed by atoms with E-state index in [9.17, 15) is 4.79 Å². The standard InChI is InChI=1S/C24H25ClO2/c25-21-11-20(19-4-2-1-3-5-19)6-7-22(21)27-15-23(26)24-12-16-8-17(13-24)10-18(9-16)14-24/h1-7,11,16-18H,8-10,12-15H2. The van der Waals surface area contributed by atoms with Crippen molar-refractivity contribution in [1.82, 2.24) is 0 Å². The molecule has 4 saturated carbocycles. The normalized spacial score (nSPS) is 31.1. The van der Waals surface area contributed by atoms with E-state index >= 15 is 0 Å². The van der Waals surface area contributed by atoms with Crippen molar-refractivity contribution in [2.75, 3.05) is 6.61 Å². The molecule has 0 radical (unpaired) electrons. The third kappa shape index (κ3) is 3.18. The molecule has 0 N–H and O–H groups in total. The first-order valence-corrected chi connectivity index (χ1v) is 10.5. The zero-order valence-electron chi connectivity index (χ0n) is 15.5. The molecule has 2 aromatic rings. The first-order valence-electron chi connectivity index (χ1n) is 10.1. The fraction of sp³-hybridized carbons (Fsp3) is 0.458. The molecule has 2 nitrogen and oxygen atoms in total. The number of halogens is 1. The van der Waals surface area contributed by atoms with Gasteiger partial charge in [0.25, 0.3) is 0 Å². The summed E-state index contributed by atoms with van der Waals surface area (Å²) in [5.74, 6) is 3.22. The van der Waals surface area contributed by atoms with Crippen molar-refractivity contribution in [3.63, 3.8) is 0 Å². The van der Waals surface area contributed by atoms with Crippen molar-refractivity contribution in [2.45, 2.75) is 38.5 Å². The van der Waals surface area contributed by atoms with E-state index in [4.69, 9.17) is 16.3 Å². The Morgan fingerprint density at radius 1 is 0.926 bits per heavy atom. The summed E-state index contributed by atoms with van der Waals surface area (Å²) >= 11 is 6.45. The number of ether oxygens (including phenoxy) is 1. The summed E-state index contributed by atoms with van der Waals surface area (Å²) in [5.41, 5.74) is 2.07. The van der Waals surface area contributed by atoms with Gasteiger partial charge in [-0.05, 0) is 79.5 Å². The smallest absolute Gasteiger partial charge is 0.176 e. The zero-order valence-corrected chi connectivity index (χ0v) is 16.3. The molecule has 0 aromatic heterocycles. The van der Waals surface area contributed by atoms with E-state index in [1.165, 1.54) is 19.3 Å². The molecule has 0 atom stereocenters. The maximum absolute atomic E-state index is 13.1. The summed E-state index contributed by atoms with van der Waals surface area (Å²) in [4.78, 5) is 13.1. The number of carbonyl (C=O) groups is 1. The van der Waals surface area contributed by atoms with E-state index in [-0.39, 0.29) is 12.0 Å². The molecule has 4 aliphatic rings. The average molecular weight is 381 g/mol. The number of Topliss-reactive ketones (excluding diaryl/α,β-unsaturated/α-hetero) is 1. The quantitative estimate of drug-likeness (QED) is 0.619. The van der Waals surface area contributed by atoms with Gasteiger partial charge < -0.3 is 4.74 Å². The van der Waals surface area contributed by atoms with Crippen molar-refractivity contribution in [1.29, 1.82) is 0 Å². The lowest BCUT2D eigenvalue weighted by molar-refractivity contribution is -0.145. The van der Waals surface area contributed by atoms with Crippen LogP contribution in [0.4, 0.5) is 0 Å². The second-order valence-corrected chi connectivity index (χ2v) is 9.33. The highest BCUT2D eigenvalue weighted by Crippen LogP contribution is 2.60. The van der Waals surface area contributed by atoms with Crippen LogP contribution in [0.5, 0.6) is 5.75 Å². The lowest BCUT2D eigenvalue weighted by atomic mass is 9.48. The summed E-state index contributed by atoms with van der Waals surface area (Å²) in [6.07, 6.45) is 7.30. The lowest BCUT2D eigenvalue weighted by Crippen LogP contribution is -2.51. The highest BCUT2D eigenvalue weighted by atomic mass is 35.5. The number of benzene rings is 2. The molecule has 0 aliphatic heterocycles. The van der Waals surface area contributed by atoms with E-state index in [0.29, 0.717) is 16.6 Å². The Bertz CT molecular complexity index is 823. The summed E-state index contributed by atoms with van der Waals surface area (Å²) in [7, 11) is 0. The third-order valence-corrected chi connectivity index (χ3v) is 7.32. The predicted molar refractivity (Wildman–Crippen MR) is 108 cm³/mol. The topological polar surface area (TPSA) is 26.3 Å². The van der Waals surface area contributed by atoms with Gasteiger partial charge in [-0.1, -0.05) is 48.0 Å². The SMILES string of the molecule is O=C(COc1ccc(-c2ccccc2)cc1Cl)C12CC3CC(CC(C3)C1)C2. The van der Waals surface area contributed by atoms with Gasteiger partial charge in [-0.3, -0.25) is 4.79 Å². The van der Waals surface area contributed by atoms with Gasteiger partial charge in [0.2, 0.25) is 0 Å². The molecule has 0 amide bonds. The molecular formula is C24H25ClO2. The molecule has 0 unspecified atom stereocenters. The molecule has 4 fully saturated rings. The molecule has 0 spiro atoms. The Balaban J connectivity index is 1.28. The molecule has 27 heavy (non-hydrogen) atoms. The lowest BCUT2D eigenvalue weighted by Gasteiger charge is -2.55. The van der Waals surface area contributed by atoms with Crippen LogP contribution in [0.15, 0.2) is 48.5 Å². The Morgan fingerprint density at radius 2 is 1.56 bits per heavy atom. The van der Waals surface area contributed by atoms with Gasteiger partial charge in [-0.25, -0.2) is 0 Å². The Labute approximate surface area is 165 Å². The van der Waals surface area contributed by atoms with Crippen LogP contribution >= 0.6 is 11.6 Å². The number of rotatable bonds is 5. The van der Waals surface area contributed by atoms with Crippen molar-refractivity contribution in [3.8, 4) is 16.9 Å². The molecule has 0 heterocycles. The van der Waals surface area contributed by atoms with Gasteiger partial charge >= 0.3 is 0 Å². The number of hydrogen-bond donors (Lipinski definition) is 0. The van der Waals surface area contributed by atoms with Crippen molar-refractivity contribution in [2.24, 2.45) is 23.2 Å². The summed E-state index contributed by atoms with van der Waals surface area (Å²) in [6.45, 7) is 0.149. The van der Waals surface area contributed by atoms with E-state index in [2.05, 4.69) is 12.1 Å². The Hall–Kier alpha value is -1.80. The summed E-state index contributed by atoms with van der Waals surface area (Å²) < 4.78 is 5.90. The first-order chi connectivity index (χ1) is 13.1. The zero-order chi connectivity index (χ0) is 18.4. The van der Waals surface area contributed by atoms with Crippen LogP contribution in [0.2, 0.25) is 5.02 Å². The number of ketones is 1. The van der Waals surface area contributed by atoms with E-state index in [0.717, 1.165) is 48.1 Å². The Morgan fingerprint density at radius 3 is 2.15 bits per heavy atom. The molecular weight excluding hydrogens is 356 g/mol. The summed E-state index contributed by atoms with van der Waals surface area (Å²) in [6, 6.07) is 15.9. The van der Waals surface area contributed by atoms with Crippen LogP contribution in [-0.2, 0) is 4.79 Å². The maximum Gasteiger partial charge on any atom is 0.176 e. The van der Waals surface area contributed by atoms with Crippen molar-refractivity contribution < 1.29 is 9.53 Å². The number of carbonyl (C=O) groups excluding carboxylic acids is 1. The minimum absolute atomic E-state index is 0.106. The molecule has 3 heteroatoms. The first kappa shape index (κ1) is 17.3. The molecule has 2 aromatic carbocycles. The molecule has 6 rings (SSSR count). The van der Waals surface area contributed by atoms with Crippen LogP contribution in [0, 0.1) is 23.2 Å². The Kier molecular flexibility index (Phi) is 4.27. The molecule has 140 valence electrons. The molecule has 4 aliphatic carbocycles. The van der Waals surface area contributed by atoms with Gasteiger partial charge in [0.15, 0.2) is 5.78 Å². The molecule has 0 saturated heterocycles. The fourth-order valence-corrected chi connectivity index (χ4v) is 6.41. The van der Waals surface area contributed by atoms with E-state index < -0.39 is 0 Å². The highest BCUT2D eigenvalue weighted by Gasteiger charge is 2.54. The average Bonchev–Trinajstić information content (AvgIpc) is 2.66. The van der Waals surface area contributed by atoms with E-state index in [1.54, 1.807) is 0 Å². The highest BCUT2D eigenvalue weighted by molar-refractivity contribution is 6.32. The van der Waals surface area contributed by atoms with E-state index in [1.807, 2.05) is 36.4 Å². The minimum atomic E-state index is -0.106. The maximum atomic E-state index is 13.1. The van der Waals surface area contributed by atoms with Crippen LogP contribution in [0.3, 0.4) is 0 Å². The van der Waals surface area contributed by atoms with Gasteiger partial charge in [0.05, 0.1) is 5.02 Å². The molecule has 4 bridgehead atoms. The van der Waals surface area contributed by atoms with Crippen LogP contribution in [0.1, 0.15) is 38.5 Å². The second-order valence-electron chi connectivity index (χ2n) is 8.92. The second kappa shape index (κ2) is 6.67. The van der Waals surface area contributed by atoms with Gasteiger partial charge in [0.1, 0.15) is 12.4 Å². The predicted octanol–water partition coefficient (Wildman–Crippen LogP) is 6.17. The van der Waals surface area contributed by atoms with Gasteiger partial charge in [-0.2, -0.15) is 0 Å². The number of hydrogen-bond acceptors (Lipinski definition) is 2. The summed E-state index contributed by atoms with van der Waals surface area (Å²) in [5, 5.41) is 0.565. The largest absolute Gasteiger partial charge is 0.484 e. The van der Waals surface area contributed by atoms with Crippen molar-refractivity contribution >= 4 is 17.4 Å². The van der Waals surface area contributed by atoms with Crippen LogP contribution in [0.25, 0.3) is 11.1 Å². The van der Waals surface area contributed by atoms with Crippen molar-refractivity contribution in [3.05, 3.63) is 53.6 Å². The monoisotopic (exact) mass is 380 g/mol. The van der Waals surface area contributed by atoms with Crippen LogP contribution in [-0.4, -0.2) is 12.4 Å². The van der Waals surface area contributed by atoms with Crippen LogP contribution < -0.4 is 4.74 Å².